The summed E-state index contributed by atoms with van der Waals surface area (Å²) in [6.07, 6.45) is 27.7. The van der Waals surface area contributed by atoms with Gasteiger partial charge in [0.2, 0.25) is 0 Å². The molecule has 0 aromatic heterocycles. The zero-order valence-corrected chi connectivity index (χ0v) is 15.8. The summed E-state index contributed by atoms with van der Waals surface area (Å²) in [5, 5.41) is 0. The first kappa shape index (κ1) is 21.5. The first-order valence-electron chi connectivity index (χ1n) is 10.2. The lowest BCUT2D eigenvalue weighted by atomic mass is 10.0. The minimum absolute atomic E-state index is 1.24. The molecular weight excluding hydrogens is 264 g/mol. The predicted molar refractivity (Wildman–Crippen MR) is 104 cm³/mol. The summed E-state index contributed by atoms with van der Waals surface area (Å²) in [5.74, 6) is 0. The molecule has 0 aliphatic carbocycles. The molecule has 0 heterocycles. The summed E-state index contributed by atoms with van der Waals surface area (Å²) in [7, 11) is 0. The summed E-state index contributed by atoms with van der Waals surface area (Å²) in [6, 6.07) is 0. The lowest BCUT2D eigenvalue weighted by Gasteiger charge is -2.04. The van der Waals surface area contributed by atoms with Gasteiger partial charge in [0.05, 0.1) is 0 Å². The third kappa shape index (κ3) is 15.9. The lowest BCUT2D eigenvalue weighted by Crippen LogP contribution is -1.84. The second kappa shape index (κ2) is 18.5. The monoisotopic (exact) mass is 306 g/mol. The van der Waals surface area contributed by atoms with Crippen LogP contribution in [0.15, 0.2) is 23.8 Å². The molecule has 0 aromatic carbocycles. The Balaban J connectivity index is 3.81. The molecule has 0 saturated heterocycles. The van der Waals surface area contributed by atoms with E-state index >= 15 is 0 Å². The van der Waals surface area contributed by atoms with E-state index in [1.54, 1.807) is 5.57 Å². The lowest BCUT2D eigenvalue weighted by molar-refractivity contribution is 0.589. The van der Waals surface area contributed by atoms with Crippen LogP contribution in [0.2, 0.25) is 0 Å². The van der Waals surface area contributed by atoms with Gasteiger partial charge >= 0.3 is 0 Å². The average Bonchev–Trinajstić information content (AvgIpc) is 2.54. The number of hydrogen-bond acceptors (Lipinski definition) is 0. The zero-order valence-electron chi connectivity index (χ0n) is 15.8. The van der Waals surface area contributed by atoms with Gasteiger partial charge in [0, 0.05) is 0 Å². The van der Waals surface area contributed by atoms with Gasteiger partial charge in [0.25, 0.3) is 0 Å². The van der Waals surface area contributed by atoms with Crippen molar-refractivity contribution in [1.82, 2.24) is 0 Å². The summed E-state index contributed by atoms with van der Waals surface area (Å²) >= 11 is 0. The van der Waals surface area contributed by atoms with Crippen LogP contribution in [0.3, 0.4) is 0 Å². The van der Waals surface area contributed by atoms with E-state index < -0.39 is 0 Å². The van der Waals surface area contributed by atoms with E-state index in [9.17, 15) is 0 Å². The third-order valence-corrected chi connectivity index (χ3v) is 4.32. The van der Waals surface area contributed by atoms with Crippen LogP contribution in [-0.4, -0.2) is 0 Å². The van der Waals surface area contributed by atoms with Crippen LogP contribution in [0.1, 0.15) is 117 Å². The quantitative estimate of drug-likeness (QED) is 0.198. The van der Waals surface area contributed by atoms with Crippen molar-refractivity contribution in [3.05, 3.63) is 23.8 Å². The maximum absolute atomic E-state index is 2.47. The Bertz CT molecular complexity index is 259. The summed E-state index contributed by atoms with van der Waals surface area (Å²) in [5.41, 5.74) is 1.59. The largest absolute Gasteiger partial charge is 0.0843 e. The molecule has 0 nitrogen and oxygen atoms in total. The Hall–Kier alpha value is -0.520. The van der Waals surface area contributed by atoms with Gasteiger partial charge in [0.1, 0.15) is 0 Å². The van der Waals surface area contributed by atoms with Gasteiger partial charge in [-0.05, 0) is 32.1 Å². The first-order chi connectivity index (χ1) is 10.8. The maximum Gasteiger partial charge on any atom is -0.0282 e. The Morgan fingerprint density at radius 2 is 1.18 bits per heavy atom. The van der Waals surface area contributed by atoms with Crippen molar-refractivity contribution in [2.75, 3.05) is 0 Å². The minimum Gasteiger partial charge on any atom is -0.0843 e. The van der Waals surface area contributed by atoms with Gasteiger partial charge in [-0.15, -0.1) is 0 Å². The van der Waals surface area contributed by atoms with E-state index in [1.807, 2.05) is 0 Å². The second-order valence-electron chi connectivity index (χ2n) is 6.69. The molecule has 130 valence electrons. The van der Waals surface area contributed by atoms with Gasteiger partial charge in [0.15, 0.2) is 0 Å². The highest BCUT2D eigenvalue weighted by molar-refractivity contribution is 5.18. The van der Waals surface area contributed by atoms with E-state index in [-0.39, 0.29) is 0 Å². The van der Waals surface area contributed by atoms with Gasteiger partial charge in [-0.25, -0.2) is 0 Å². The fourth-order valence-corrected chi connectivity index (χ4v) is 2.79. The molecule has 0 fully saturated rings. The molecule has 0 bridgehead atoms. The number of allylic oxidation sites excluding steroid dienone is 4. The molecular formula is C22H42. The van der Waals surface area contributed by atoms with Crippen molar-refractivity contribution in [3.63, 3.8) is 0 Å². The van der Waals surface area contributed by atoms with Crippen LogP contribution in [0.25, 0.3) is 0 Å². The molecule has 0 heteroatoms. The number of hydrogen-bond donors (Lipinski definition) is 0. The van der Waals surface area contributed by atoms with Crippen LogP contribution in [-0.2, 0) is 0 Å². The molecule has 0 aliphatic heterocycles. The third-order valence-electron chi connectivity index (χ3n) is 4.32. The van der Waals surface area contributed by atoms with E-state index in [1.165, 1.54) is 96.3 Å². The predicted octanol–water partition coefficient (Wildman–Crippen LogP) is 8.38. The Labute approximate surface area is 141 Å². The highest BCUT2D eigenvalue weighted by Gasteiger charge is 1.95. The van der Waals surface area contributed by atoms with Crippen molar-refractivity contribution < 1.29 is 0 Å². The highest BCUT2D eigenvalue weighted by atomic mass is 14.0. The van der Waals surface area contributed by atoms with Crippen molar-refractivity contribution >= 4 is 0 Å². The first-order valence-corrected chi connectivity index (χ1v) is 10.2. The molecule has 0 saturated carbocycles. The molecule has 0 aliphatic rings. The van der Waals surface area contributed by atoms with Crippen molar-refractivity contribution in [3.8, 4) is 0 Å². The Kier molecular flexibility index (Phi) is 18.1. The zero-order chi connectivity index (χ0) is 16.3. The number of unbranched alkanes of at least 4 members (excludes halogenated alkanes) is 11. The second-order valence-corrected chi connectivity index (χ2v) is 6.69. The number of rotatable bonds is 16. The van der Waals surface area contributed by atoms with Crippen LogP contribution < -0.4 is 0 Å². The van der Waals surface area contributed by atoms with E-state index in [4.69, 9.17) is 0 Å². The Morgan fingerprint density at radius 3 is 1.82 bits per heavy atom. The summed E-state index contributed by atoms with van der Waals surface area (Å²) < 4.78 is 0. The van der Waals surface area contributed by atoms with Crippen LogP contribution in [0.4, 0.5) is 0 Å². The molecule has 0 atom stereocenters. The molecule has 22 heavy (non-hydrogen) atoms. The molecule has 0 spiro atoms. The summed E-state index contributed by atoms with van der Waals surface area (Å²) in [4.78, 5) is 0. The standard InChI is InChI=1S/C22H42/c1-4-7-10-12-14-16-18-21-22(19-9-6-3)20-17-15-13-11-8-5-2/h17,19-20H,4-16,18,21H2,1-3H3. The van der Waals surface area contributed by atoms with Crippen molar-refractivity contribution in [2.24, 2.45) is 0 Å². The molecule has 0 unspecified atom stereocenters. The van der Waals surface area contributed by atoms with Crippen LogP contribution in [0.5, 0.6) is 0 Å². The smallest absolute Gasteiger partial charge is 0.0282 e. The minimum atomic E-state index is 1.24. The molecule has 0 aromatic rings. The highest BCUT2D eigenvalue weighted by Crippen LogP contribution is 2.15. The van der Waals surface area contributed by atoms with Gasteiger partial charge in [-0.3, -0.25) is 0 Å². The Morgan fingerprint density at radius 1 is 0.591 bits per heavy atom. The van der Waals surface area contributed by atoms with E-state index in [0.29, 0.717) is 0 Å². The average molecular weight is 307 g/mol. The SMILES string of the molecule is CCCC=C(C=CCCCCCC)CCCCCCCCC. The maximum atomic E-state index is 2.47. The van der Waals surface area contributed by atoms with E-state index in [2.05, 4.69) is 39.0 Å². The van der Waals surface area contributed by atoms with Gasteiger partial charge < -0.3 is 0 Å². The van der Waals surface area contributed by atoms with Crippen molar-refractivity contribution in [1.29, 1.82) is 0 Å². The fourth-order valence-electron chi connectivity index (χ4n) is 2.79. The fraction of sp³-hybridized carbons (Fsp3) is 0.818. The van der Waals surface area contributed by atoms with Crippen LogP contribution in [0, 0.1) is 0 Å². The van der Waals surface area contributed by atoms with Crippen LogP contribution >= 0.6 is 0 Å². The molecule has 0 amide bonds. The van der Waals surface area contributed by atoms with Crippen molar-refractivity contribution in [2.45, 2.75) is 117 Å². The molecule has 0 N–H and O–H groups in total. The normalized spacial score (nSPS) is 12.4. The topological polar surface area (TPSA) is 0 Å². The summed E-state index contributed by atoms with van der Waals surface area (Å²) in [6.45, 7) is 6.85. The molecule has 0 radical (unpaired) electrons. The van der Waals surface area contributed by atoms with Gasteiger partial charge in [-0.2, -0.15) is 0 Å². The van der Waals surface area contributed by atoms with Gasteiger partial charge in [-0.1, -0.05) is 109 Å². The van der Waals surface area contributed by atoms with E-state index in [0.717, 1.165) is 0 Å². The molecule has 0 rings (SSSR count).